The molecular formula is C17H13ClFN3O. The van der Waals surface area contributed by atoms with Gasteiger partial charge in [-0.2, -0.15) is 5.10 Å². The highest BCUT2D eigenvalue weighted by atomic mass is 35.5. The summed E-state index contributed by atoms with van der Waals surface area (Å²) in [5.41, 5.74) is 2.58. The van der Waals surface area contributed by atoms with Crippen LogP contribution in [-0.4, -0.2) is 16.1 Å². The lowest BCUT2D eigenvalue weighted by atomic mass is 10.1. The van der Waals surface area contributed by atoms with Gasteiger partial charge in [-0.15, -0.1) is 0 Å². The second-order valence-corrected chi connectivity index (χ2v) is 5.42. The maximum Gasteiger partial charge on any atom is 0.257 e. The molecule has 0 aliphatic carbocycles. The topological polar surface area (TPSA) is 57.8 Å². The highest BCUT2D eigenvalue weighted by molar-refractivity contribution is 6.34. The molecule has 3 rings (SSSR count). The van der Waals surface area contributed by atoms with Crippen LogP contribution < -0.4 is 5.32 Å². The lowest BCUT2D eigenvalue weighted by Crippen LogP contribution is -2.13. The average molecular weight is 330 g/mol. The van der Waals surface area contributed by atoms with Crippen LogP contribution in [0.2, 0.25) is 5.02 Å². The van der Waals surface area contributed by atoms with E-state index in [1.807, 2.05) is 0 Å². The van der Waals surface area contributed by atoms with Gasteiger partial charge in [0.15, 0.2) is 0 Å². The molecule has 1 aromatic heterocycles. The van der Waals surface area contributed by atoms with Gasteiger partial charge in [-0.1, -0.05) is 35.9 Å². The van der Waals surface area contributed by atoms with E-state index >= 15 is 0 Å². The summed E-state index contributed by atoms with van der Waals surface area (Å²) in [5, 5.41) is 10.1. The van der Waals surface area contributed by atoms with E-state index in [-0.39, 0.29) is 11.7 Å². The normalized spacial score (nSPS) is 10.6. The molecule has 2 N–H and O–H groups in total. The van der Waals surface area contributed by atoms with Gasteiger partial charge in [0.1, 0.15) is 11.5 Å². The number of aryl methyl sites for hydroxylation is 1. The number of amides is 1. The zero-order valence-electron chi connectivity index (χ0n) is 12.2. The number of rotatable bonds is 3. The number of hydrogen-bond acceptors (Lipinski definition) is 2. The first-order chi connectivity index (χ1) is 11.1. The summed E-state index contributed by atoms with van der Waals surface area (Å²) in [6.45, 7) is 1.78. The largest absolute Gasteiger partial charge is 0.318 e. The predicted octanol–water partition coefficient (Wildman–Crippen LogP) is 4.43. The van der Waals surface area contributed by atoms with Gasteiger partial charge in [-0.05, 0) is 31.2 Å². The van der Waals surface area contributed by atoms with E-state index in [1.54, 1.807) is 43.3 Å². The first-order valence-electron chi connectivity index (χ1n) is 6.93. The molecule has 0 bridgehead atoms. The van der Waals surface area contributed by atoms with E-state index in [9.17, 15) is 9.18 Å². The molecule has 0 unspecified atom stereocenters. The Morgan fingerprint density at radius 2 is 2.00 bits per heavy atom. The van der Waals surface area contributed by atoms with Crippen molar-refractivity contribution in [2.45, 2.75) is 6.92 Å². The summed E-state index contributed by atoms with van der Waals surface area (Å²) >= 11 is 6.04. The lowest BCUT2D eigenvalue weighted by molar-refractivity contribution is 0.102. The van der Waals surface area contributed by atoms with Crippen molar-refractivity contribution in [3.8, 4) is 11.3 Å². The number of aromatic nitrogens is 2. The molecule has 0 aliphatic heterocycles. The van der Waals surface area contributed by atoms with E-state index in [0.29, 0.717) is 33.2 Å². The Kier molecular flexibility index (Phi) is 4.12. The maximum atomic E-state index is 13.4. The Morgan fingerprint density at radius 1 is 1.22 bits per heavy atom. The van der Waals surface area contributed by atoms with Crippen molar-refractivity contribution >= 4 is 23.2 Å². The van der Waals surface area contributed by atoms with E-state index in [2.05, 4.69) is 15.5 Å². The summed E-state index contributed by atoms with van der Waals surface area (Å²) < 4.78 is 13.4. The van der Waals surface area contributed by atoms with Crippen LogP contribution in [0.1, 0.15) is 16.1 Å². The van der Waals surface area contributed by atoms with Crippen LogP contribution in [0, 0.1) is 12.7 Å². The number of benzene rings is 2. The van der Waals surface area contributed by atoms with Gasteiger partial charge in [0.2, 0.25) is 0 Å². The summed E-state index contributed by atoms with van der Waals surface area (Å²) in [4.78, 5) is 12.4. The van der Waals surface area contributed by atoms with Crippen molar-refractivity contribution in [3.63, 3.8) is 0 Å². The number of nitrogens with one attached hydrogen (secondary N) is 2. The SMILES string of the molecule is Cc1[nH]nc(-c2cccc(F)c2)c1NC(=O)c1ccccc1Cl. The molecule has 0 saturated heterocycles. The highest BCUT2D eigenvalue weighted by Gasteiger charge is 2.17. The molecule has 0 spiro atoms. The minimum atomic E-state index is -0.369. The zero-order chi connectivity index (χ0) is 16.4. The minimum absolute atomic E-state index is 0.349. The van der Waals surface area contributed by atoms with Crippen LogP contribution in [0.3, 0.4) is 0 Å². The molecule has 0 saturated carbocycles. The number of carbonyl (C=O) groups excluding carboxylic acids is 1. The molecule has 1 heterocycles. The monoisotopic (exact) mass is 329 g/mol. The highest BCUT2D eigenvalue weighted by Crippen LogP contribution is 2.29. The third kappa shape index (κ3) is 3.10. The van der Waals surface area contributed by atoms with Crippen LogP contribution in [0.4, 0.5) is 10.1 Å². The first kappa shape index (κ1) is 15.2. The van der Waals surface area contributed by atoms with Gasteiger partial charge in [0.25, 0.3) is 5.91 Å². The standard InChI is InChI=1S/C17H13ClFN3O/c1-10-15(20-17(23)13-7-2-3-8-14(13)18)16(22-21-10)11-5-4-6-12(19)9-11/h2-9H,1H3,(H,20,23)(H,21,22). The molecule has 0 radical (unpaired) electrons. The van der Waals surface area contributed by atoms with E-state index < -0.39 is 0 Å². The van der Waals surface area contributed by atoms with E-state index in [1.165, 1.54) is 12.1 Å². The molecular weight excluding hydrogens is 317 g/mol. The van der Waals surface area contributed by atoms with Crippen LogP contribution in [0.25, 0.3) is 11.3 Å². The molecule has 0 atom stereocenters. The summed E-state index contributed by atoms with van der Waals surface area (Å²) in [6, 6.07) is 12.8. The predicted molar refractivity (Wildman–Crippen MR) is 88.1 cm³/mol. The fourth-order valence-electron chi connectivity index (χ4n) is 2.25. The second kappa shape index (κ2) is 6.22. The fourth-order valence-corrected chi connectivity index (χ4v) is 2.47. The van der Waals surface area contributed by atoms with Gasteiger partial charge >= 0.3 is 0 Å². The van der Waals surface area contributed by atoms with Crippen molar-refractivity contribution in [1.82, 2.24) is 10.2 Å². The van der Waals surface area contributed by atoms with Crippen LogP contribution in [0.5, 0.6) is 0 Å². The molecule has 2 aromatic carbocycles. The van der Waals surface area contributed by atoms with Gasteiger partial charge in [-0.3, -0.25) is 9.89 Å². The number of aromatic amines is 1. The summed E-state index contributed by atoms with van der Waals surface area (Å²) in [5.74, 6) is -0.718. The van der Waals surface area contributed by atoms with Crippen molar-refractivity contribution < 1.29 is 9.18 Å². The van der Waals surface area contributed by atoms with Crippen LogP contribution in [-0.2, 0) is 0 Å². The molecule has 3 aromatic rings. The second-order valence-electron chi connectivity index (χ2n) is 5.02. The van der Waals surface area contributed by atoms with Crippen molar-refractivity contribution in [3.05, 3.63) is 70.6 Å². The Morgan fingerprint density at radius 3 is 2.74 bits per heavy atom. The zero-order valence-corrected chi connectivity index (χ0v) is 13.0. The summed E-state index contributed by atoms with van der Waals surface area (Å²) in [7, 11) is 0. The first-order valence-corrected chi connectivity index (χ1v) is 7.31. The van der Waals surface area contributed by atoms with Gasteiger partial charge in [0.05, 0.1) is 22.0 Å². The number of halogens is 2. The van der Waals surface area contributed by atoms with Crippen LogP contribution in [0.15, 0.2) is 48.5 Å². The molecule has 0 aliphatic rings. The maximum absolute atomic E-state index is 13.4. The van der Waals surface area contributed by atoms with Gasteiger partial charge in [0, 0.05) is 5.56 Å². The minimum Gasteiger partial charge on any atom is -0.318 e. The Bertz CT molecular complexity index is 876. The Balaban J connectivity index is 1.97. The number of H-pyrrole nitrogens is 1. The quantitative estimate of drug-likeness (QED) is 0.746. The third-order valence-electron chi connectivity index (χ3n) is 3.40. The number of carbonyl (C=O) groups is 1. The average Bonchev–Trinajstić information content (AvgIpc) is 2.89. The Hall–Kier alpha value is -2.66. The molecule has 23 heavy (non-hydrogen) atoms. The fraction of sp³-hybridized carbons (Fsp3) is 0.0588. The Labute approximate surface area is 137 Å². The number of anilines is 1. The van der Waals surface area contributed by atoms with Crippen molar-refractivity contribution in [1.29, 1.82) is 0 Å². The molecule has 6 heteroatoms. The van der Waals surface area contributed by atoms with Crippen molar-refractivity contribution in [2.24, 2.45) is 0 Å². The van der Waals surface area contributed by atoms with Crippen molar-refractivity contribution in [2.75, 3.05) is 5.32 Å². The van der Waals surface area contributed by atoms with E-state index in [4.69, 9.17) is 11.6 Å². The van der Waals surface area contributed by atoms with Gasteiger partial charge in [-0.25, -0.2) is 4.39 Å². The third-order valence-corrected chi connectivity index (χ3v) is 3.73. The van der Waals surface area contributed by atoms with E-state index in [0.717, 1.165) is 0 Å². The molecule has 1 amide bonds. The summed E-state index contributed by atoms with van der Waals surface area (Å²) in [6.07, 6.45) is 0. The van der Waals surface area contributed by atoms with Crippen LogP contribution >= 0.6 is 11.6 Å². The lowest BCUT2D eigenvalue weighted by Gasteiger charge is -2.08. The van der Waals surface area contributed by atoms with Gasteiger partial charge < -0.3 is 5.32 Å². The molecule has 116 valence electrons. The smallest absolute Gasteiger partial charge is 0.257 e. The number of hydrogen-bond donors (Lipinski definition) is 2. The molecule has 4 nitrogen and oxygen atoms in total. The number of nitrogens with zero attached hydrogens (tertiary/aromatic N) is 1. The molecule has 0 fully saturated rings.